The zero-order chi connectivity index (χ0) is 22.4. The maximum absolute atomic E-state index is 12.5. The molecule has 0 saturated heterocycles. The van der Waals surface area contributed by atoms with E-state index in [0.717, 1.165) is 18.4 Å². The highest BCUT2D eigenvalue weighted by molar-refractivity contribution is 7.89. The third-order valence-corrected chi connectivity index (χ3v) is 7.31. The number of carbonyl (C=O) groups excluding carboxylic acids is 2. The fraction of sp³-hybridized carbons (Fsp3) is 0.391. The first kappa shape index (κ1) is 23.0. The molecule has 0 spiro atoms. The number of nitrogens with zero attached hydrogens (tertiary/aromatic N) is 1. The number of aryl methyl sites for hydroxylation is 1. The molecule has 31 heavy (non-hydrogen) atoms. The molecular weight excluding hydrogens is 414 g/mol. The minimum absolute atomic E-state index is 0.0909. The summed E-state index contributed by atoms with van der Waals surface area (Å²) in [5.41, 5.74) is 2.10. The number of nitrogens with one attached hydrogen (secondary N) is 2. The van der Waals surface area contributed by atoms with E-state index in [0.29, 0.717) is 36.8 Å². The molecule has 2 aromatic rings. The van der Waals surface area contributed by atoms with Crippen molar-refractivity contribution in [3.05, 3.63) is 59.7 Å². The van der Waals surface area contributed by atoms with Crippen molar-refractivity contribution < 1.29 is 18.0 Å². The normalized spacial score (nSPS) is 13.8. The van der Waals surface area contributed by atoms with E-state index >= 15 is 0 Å². The molecule has 7 nitrogen and oxygen atoms in total. The number of anilines is 1. The highest BCUT2D eigenvalue weighted by Gasteiger charge is 2.24. The zero-order valence-electron chi connectivity index (χ0n) is 17.9. The minimum Gasteiger partial charge on any atom is -0.349 e. The van der Waals surface area contributed by atoms with Gasteiger partial charge < -0.3 is 10.6 Å². The van der Waals surface area contributed by atoms with Crippen molar-refractivity contribution in [2.75, 3.05) is 18.4 Å². The summed E-state index contributed by atoms with van der Waals surface area (Å²) in [6, 6.07) is 13.8. The van der Waals surface area contributed by atoms with E-state index in [1.54, 1.807) is 48.5 Å². The summed E-state index contributed by atoms with van der Waals surface area (Å²) in [6.07, 6.45) is 2.84. The van der Waals surface area contributed by atoms with E-state index in [-0.39, 0.29) is 23.1 Å². The Balaban J connectivity index is 1.50. The maximum atomic E-state index is 12.5. The number of sulfonamides is 1. The molecule has 0 atom stereocenters. The van der Waals surface area contributed by atoms with Crippen molar-refractivity contribution in [3.8, 4) is 0 Å². The lowest BCUT2D eigenvalue weighted by Gasteiger charge is -2.18. The molecule has 1 fully saturated rings. The van der Waals surface area contributed by atoms with Gasteiger partial charge in [-0.15, -0.1) is 0 Å². The molecule has 2 aromatic carbocycles. The van der Waals surface area contributed by atoms with Crippen LogP contribution >= 0.6 is 0 Å². The summed E-state index contributed by atoms with van der Waals surface area (Å²) in [7, 11) is -3.48. The second-order valence-corrected chi connectivity index (χ2v) is 9.54. The van der Waals surface area contributed by atoms with Gasteiger partial charge in [-0.25, -0.2) is 8.42 Å². The Morgan fingerprint density at radius 3 is 2.13 bits per heavy atom. The Kier molecular flexibility index (Phi) is 7.46. The smallest absolute Gasteiger partial charge is 0.251 e. The first-order valence-corrected chi connectivity index (χ1v) is 12.1. The molecule has 2 amide bonds. The van der Waals surface area contributed by atoms with Gasteiger partial charge in [-0.05, 0) is 61.2 Å². The number of amides is 2. The molecule has 0 radical (unpaired) electrons. The van der Waals surface area contributed by atoms with E-state index in [9.17, 15) is 18.0 Å². The summed E-state index contributed by atoms with van der Waals surface area (Å²) < 4.78 is 26.5. The van der Waals surface area contributed by atoms with Crippen molar-refractivity contribution >= 4 is 27.5 Å². The van der Waals surface area contributed by atoms with E-state index in [1.165, 1.54) is 4.31 Å². The van der Waals surface area contributed by atoms with Crippen LogP contribution in [0.25, 0.3) is 0 Å². The third kappa shape index (κ3) is 6.15. The Morgan fingerprint density at radius 1 is 0.968 bits per heavy atom. The quantitative estimate of drug-likeness (QED) is 0.590. The summed E-state index contributed by atoms with van der Waals surface area (Å²) in [6.45, 7) is 4.47. The van der Waals surface area contributed by atoms with Gasteiger partial charge in [0, 0.05) is 36.8 Å². The lowest BCUT2D eigenvalue weighted by atomic mass is 10.1. The van der Waals surface area contributed by atoms with Crippen molar-refractivity contribution in [3.63, 3.8) is 0 Å². The van der Waals surface area contributed by atoms with Crippen LogP contribution in [0.2, 0.25) is 0 Å². The van der Waals surface area contributed by atoms with Crippen LogP contribution in [0.15, 0.2) is 53.4 Å². The van der Waals surface area contributed by atoms with Gasteiger partial charge in [-0.3, -0.25) is 9.59 Å². The second-order valence-electron chi connectivity index (χ2n) is 7.61. The average molecular weight is 444 g/mol. The topological polar surface area (TPSA) is 95.6 Å². The molecule has 1 aliphatic rings. The van der Waals surface area contributed by atoms with Crippen molar-refractivity contribution in [1.82, 2.24) is 9.62 Å². The molecule has 2 N–H and O–H groups in total. The molecule has 0 heterocycles. The number of benzene rings is 2. The largest absolute Gasteiger partial charge is 0.349 e. The third-order valence-electron chi connectivity index (χ3n) is 5.25. The van der Waals surface area contributed by atoms with Crippen LogP contribution in [0.1, 0.15) is 49.0 Å². The lowest BCUT2D eigenvalue weighted by Crippen LogP contribution is -2.30. The van der Waals surface area contributed by atoms with Crippen LogP contribution in [0.5, 0.6) is 0 Å². The fourth-order valence-corrected chi connectivity index (χ4v) is 4.68. The Hall–Kier alpha value is -2.71. The van der Waals surface area contributed by atoms with Gasteiger partial charge >= 0.3 is 0 Å². The van der Waals surface area contributed by atoms with Crippen LogP contribution in [-0.2, 0) is 21.2 Å². The number of hydrogen-bond donors (Lipinski definition) is 2. The SMILES string of the molecule is CCN(CC)S(=O)(=O)c1ccc(CCC(=O)Nc2ccc(C(=O)NC3CC3)cc2)cc1. The van der Waals surface area contributed by atoms with Gasteiger partial charge in [-0.2, -0.15) is 4.31 Å². The van der Waals surface area contributed by atoms with Gasteiger partial charge in [0.05, 0.1) is 4.90 Å². The number of rotatable bonds is 10. The Bertz CT molecular complexity index is 1010. The second kappa shape index (κ2) is 10.1. The number of hydrogen-bond acceptors (Lipinski definition) is 4. The summed E-state index contributed by atoms with van der Waals surface area (Å²) in [5.74, 6) is -0.234. The first-order valence-electron chi connectivity index (χ1n) is 10.6. The Labute approximate surface area is 183 Å². The zero-order valence-corrected chi connectivity index (χ0v) is 18.7. The van der Waals surface area contributed by atoms with Crippen LogP contribution in [0.4, 0.5) is 5.69 Å². The predicted octanol–water partition coefficient (Wildman–Crippen LogP) is 3.18. The van der Waals surface area contributed by atoms with Crippen LogP contribution in [0.3, 0.4) is 0 Å². The van der Waals surface area contributed by atoms with Crippen molar-refractivity contribution in [2.24, 2.45) is 0 Å². The van der Waals surface area contributed by atoms with Gasteiger partial charge in [0.2, 0.25) is 15.9 Å². The Morgan fingerprint density at radius 2 is 1.58 bits per heavy atom. The monoisotopic (exact) mass is 443 g/mol. The van der Waals surface area contributed by atoms with Gasteiger partial charge in [0.1, 0.15) is 0 Å². The lowest BCUT2D eigenvalue weighted by molar-refractivity contribution is -0.116. The molecular formula is C23H29N3O4S. The molecule has 3 rings (SSSR count). The van der Waals surface area contributed by atoms with Crippen LogP contribution < -0.4 is 10.6 Å². The molecule has 1 aliphatic carbocycles. The van der Waals surface area contributed by atoms with E-state index in [2.05, 4.69) is 10.6 Å². The van der Waals surface area contributed by atoms with E-state index in [1.807, 2.05) is 13.8 Å². The standard InChI is InChI=1S/C23H29N3O4S/c1-3-26(4-2)31(29,30)21-14-5-17(6-15-21)7-16-22(27)24-19-10-8-18(9-11-19)23(28)25-20-12-13-20/h5-6,8-11,14-15,20H,3-4,7,12-13,16H2,1-2H3,(H,24,27)(H,25,28). The first-order chi connectivity index (χ1) is 14.8. The van der Waals surface area contributed by atoms with E-state index < -0.39 is 10.0 Å². The van der Waals surface area contributed by atoms with E-state index in [4.69, 9.17) is 0 Å². The summed E-state index contributed by atoms with van der Waals surface area (Å²) in [4.78, 5) is 24.5. The highest BCUT2D eigenvalue weighted by Crippen LogP contribution is 2.20. The predicted molar refractivity (Wildman–Crippen MR) is 120 cm³/mol. The molecule has 8 heteroatoms. The van der Waals surface area contributed by atoms with Crippen molar-refractivity contribution in [2.45, 2.75) is 50.5 Å². The molecule has 1 saturated carbocycles. The van der Waals surface area contributed by atoms with Crippen LogP contribution in [0, 0.1) is 0 Å². The van der Waals surface area contributed by atoms with Crippen LogP contribution in [-0.4, -0.2) is 43.7 Å². The van der Waals surface area contributed by atoms with Gasteiger partial charge in [-0.1, -0.05) is 26.0 Å². The molecule has 0 aliphatic heterocycles. The molecule has 0 bridgehead atoms. The average Bonchev–Trinajstić information content (AvgIpc) is 3.58. The fourth-order valence-electron chi connectivity index (χ4n) is 3.22. The summed E-state index contributed by atoms with van der Waals surface area (Å²) >= 11 is 0. The van der Waals surface area contributed by atoms with Gasteiger partial charge in [0.25, 0.3) is 5.91 Å². The van der Waals surface area contributed by atoms with Crippen molar-refractivity contribution in [1.29, 1.82) is 0 Å². The highest BCUT2D eigenvalue weighted by atomic mass is 32.2. The summed E-state index contributed by atoms with van der Waals surface area (Å²) in [5, 5.41) is 5.75. The maximum Gasteiger partial charge on any atom is 0.251 e. The van der Waals surface area contributed by atoms with Gasteiger partial charge in [0.15, 0.2) is 0 Å². The number of carbonyl (C=O) groups is 2. The molecule has 166 valence electrons. The minimum atomic E-state index is -3.48. The molecule has 0 aromatic heterocycles. The molecule has 0 unspecified atom stereocenters.